The van der Waals surface area contributed by atoms with E-state index in [1.807, 2.05) is 14.1 Å². The van der Waals surface area contributed by atoms with E-state index in [1.165, 1.54) is 16.7 Å². The Morgan fingerprint density at radius 1 is 0.955 bits per heavy atom. The zero-order chi connectivity index (χ0) is 15.8. The van der Waals surface area contributed by atoms with Crippen LogP contribution in [0, 0.1) is 0 Å². The van der Waals surface area contributed by atoms with E-state index >= 15 is 0 Å². The second kappa shape index (κ2) is 8.40. The quantitative estimate of drug-likeness (QED) is 0.747. The summed E-state index contributed by atoms with van der Waals surface area (Å²) in [7, 11) is 4.10. The third-order valence-corrected chi connectivity index (χ3v) is 3.47. The van der Waals surface area contributed by atoms with Crippen molar-refractivity contribution in [3.8, 4) is 5.75 Å². The summed E-state index contributed by atoms with van der Waals surface area (Å²) in [6.45, 7) is 3.80. The lowest BCUT2D eigenvalue weighted by molar-refractivity contribution is 0.261. The molecule has 0 unspecified atom stereocenters. The summed E-state index contributed by atoms with van der Waals surface area (Å²) in [5.74, 6) is 0.925. The first-order valence-electron chi connectivity index (χ1n) is 7.84. The SMILES string of the molecule is CC/C=C(\c1ccccc1)c1ccc(OCCN(C)C)cc1. The molecule has 0 radical (unpaired) electrons. The van der Waals surface area contributed by atoms with E-state index in [9.17, 15) is 0 Å². The predicted octanol–water partition coefficient (Wildman–Crippen LogP) is 4.47. The van der Waals surface area contributed by atoms with Crippen LogP contribution in [0.4, 0.5) is 0 Å². The average Bonchev–Trinajstić information content (AvgIpc) is 2.54. The first-order valence-corrected chi connectivity index (χ1v) is 7.84. The Labute approximate surface area is 134 Å². The number of benzene rings is 2. The second-order valence-corrected chi connectivity index (χ2v) is 5.57. The molecular formula is C20H25NO. The normalized spacial score (nSPS) is 11.7. The molecule has 0 atom stereocenters. The van der Waals surface area contributed by atoms with Crippen molar-refractivity contribution in [2.24, 2.45) is 0 Å². The monoisotopic (exact) mass is 295 g/mol. The van der Waals surface area contributed by atoms with Gasteiger partial charge in [-0.3, -0.25) is 0 Å². The van der Waals surface area contributed by atoms with Crippen molar-refractivity contribution in [2.75, 3.05) is 27.2 Å². The highest BCUT2D eigenvalue weighted by Gasteiger charge is 2.04. The van der Waals surface area contributed by atoms with Gasteiger partial charge in [0.25, 0.3) is 0 Å². The average molecular weight is 295 g/mol. The molecule has 2 aromatic carbocycles. The van der Waals surface area contributed by atoms with Gasteiger partial charge in [0.15, 0.2) is 0 Å². The zero-order valence-corrected chi connectivity index (χ0v) is 13.8. The van der Waals surface area contributed by atoms with Gasteiger partial charge >= 0.3 is 0 Å². The standard InChI is InChI=1S/C20H25NO/c1-4-8-20(17-9-6-5-7-10-17)18-11-13-19(14-12-18)22-16-15-21(2)3/h5-14H,4,15-16H2,1-3H3/b20-8+. The fraction of sp³-hybridized carbons (Fsp3) is 0.300. The maximum absolute atomic E-state index is 5.76. The van der Waals surface area contributed by atoms with E-state index < -0.39 is 0 Å². The van der Waals surface area contributed by atoms with Gasteiger partial charge in [-0.15, -0.1) is 0 Å². The molecule has 2 aromatic rings. The predicted molar refractivity (Wildman–Crippen MR) is 94.3 cm³/mol. The minimum Gasteiger partial charge on any atom is -0.492 e. The third kappa shape index (κ3) is 4.74. The zero-order valence-electron chi connectivity index (χ0n) is 13.8. The lowest BCUT2D eigenvalue weighted by Crippen LogP contribution is -2.19. The van der Waals surface area contributed by atoms with Gasteiger partial charge in [0.2, 0.25) is 0 Å². The summed E-state index contributed by atoms with van der Waals surface area (Å²) < 4.78 is 5.76. The molecule has 0 fully saturated rings. The smallest absolute Gasteiger partial charge is 0.119 e. The molecule has 0 bridgehead atoms. The Morgan fingerprint density at radius 3 is 2.18 bits per heavy atom. The van der Waals surface area contributed by atoms with Crippen LogP contribution in [0.15, 0.2) is 60.7 Å². The maximum Gasteiger partial charge on any atom is 0.119 e. The van der Waals surface area contributed by atoms with Gasteiger partial charge in [-0.2, -0.15) is 0 Å². The highest BCUT2D eigenvalue weighted by Crippen LogP contribution is 2.25. The Bertz CT molecular complexity index is 585. The maximum atomic E-state index is 5.76. The topological polar surface area (TPSA) is 12.5 Å². The van der Waals surface area contributed by atoms with E-state index in [2.05, 4.69) is 72.5 Å². The van der Waals surface area contributed by atoms with Crippen LogP contribution in [0.2, 0.25) is 0 Å². The van der Waals surface area contributed by atoms with Gasteiger partial charge in [0.1, 0.15) is 12.4 Å². The van der Waals surface area contributed by atoms with Crippen LogP contribution >= 0.6 is 0 Å². The molecule has 116 valence electrons. The van der Waals surface area contributed by atoms with Crippen LogP contribution in [-0.4, -0.2) is 32.1 Å². The second-order valence-electron chi connectivity index (χ2n) is 5.57. The van der Waals surface area contributed by atoms with Crippen LogP contribution in [0.3, 0.4) is 0 Å². The molecule has 0 spiro atoms. The van der Waals surface area contributed by atoms with Crippen LogP contribution in [0.25, 0.3) is 5.57 Å². The molecule has 2 rings (SSSR count). The van der Waals surface area contributed by atoms with E-state index in [-0.39, 0.29) is 0 Å². The van der Waals surface area contributed by atoms with Gasteiger partial charge in [-0.1, -0.05) is 55.5 Å². The highest BCUT2D eigenvalue weighted by atomic mass is 16.5. The molecule has 0 N–H and O–H groups in total. The van der Waals surface area contributed by atoms with Crippen molar-refractivity contribution >= 4 is 5.57 Å². The van der Waals surface area contributed by atoms with Gasteiger partial charge in [0, 0.05) is 6.54 Å². The lowest BCUT2D eigenvalue weighted by atomic mass is 9.97. The van der Waals surface area contributed by atoms with Crippen molar-refractivity contribution in [3.05, 3.63) is 71.8 Å². The van der Waals surface area contributed by atoms with Crippen LogP contribution in [-0.2, 0) is 0 Å². The van der Waals surface area contributed by atoms with Crippen molar-refractivity contribution in [2.45, 2.75) is 13.3 Å². The minimum atomic E-state index is 0.711. The third-order valence-electron chi connectivity index (χ3n) is 3.47. The Morgan fingerprint density at radius 2 is 1.59 bits per heavy atom. The Balaban J connectivity index is 2.12. The molecule has 0 saturated carbocycles. The van der Waals surface area contributed by atoms with Crippen molar-refractivity contribution in [1.29, 1.82) is 0 Å². The molecule has 0 aliphatic rings. The molecule has 0 saturated heterocycles. The minimum absolute atomic E-state index is 0.711. The summed E-state index contributed by atoms with van der Waals surface area (Å²) in [6.07, 6.45) is 3.29. The number of ether oxygens (including phenoxy) is 1. The molecule has 0 aliphatic carbocycles. The fourth-order valence-electron chi connectivity index (χ4n) is 2.30. The Kier molecular flexibility index (Phi) is 6.23. The highest BCUT2D eigenvalue weighted by molar-refractivity contribution is 5.79. The first kappa shape index (κ1) is 16.3. The van der Waals surface area contributed by atoms with Crippen LogP contribution in [0.5, 0.6) is 5.75 Å². The Hall–Kier alpha value is -2.06. The number of hydrogen-bond donors (Lipinski definition) is 0. The van der Waals surface area contributed by atoms with Gasteiger partial charge in [-0.25, -0.2) is 0 Å². The summed E-state index contributed by atoms with van der Waals surface area (Å²) in [5.41, 5.74) is 3.77. The molecular weight excluding hydrogens is 270 g/mol. The molecule has 2 heteroatoms. The number of allylic oxidation sites excluding steroid dienone is 1. The molecule has 22 heavy (non-hydrogen) atoms. The van der Waals surface area contributed by atoms with Crippen LogP contribution in [0.1, 0.15) is 24.5 Å². The van der Waals surface area contributed by atoms with Crippen LogP contribution < -0.4 is 4.74 Å². The molecule has 0 amide bonds. The van der Waals surface area contributed by atoms with Crippen molar-refractivity contribution in [1.82, 2.24) is 4.90 Å². The van der Waals surface area contributed by atoms with E-state index in [0.717, 1.165) is 18.7 Å². The molecule has 2 nitrogen and oxygen atoms in total. The number of likely N-dealkylation sites (N-methyl/N-ethyl adjacent to an activating group) is 1. The van der Waals surface area contributed by atoms with E-state index in [1.54, 1.807) is 0 Å². The number of rotatable bonds is 7. The fourth-order valence-corrected chi connectivity index (χ4v) is 2.30. The first-order chi connectivity index (χ1) is 10.7. The number of hydrogen-bond acceptors (Lipinski definition) is 2. The van der Waals surface area contributed by atoms with Gasteiger partial charge in [0.05, 0.1) is 0 Å². The lowest BCUT2D eigenvalue weighted by Gasteiger charge is -2.12. The van der Waals surface area contributed by atoms with Crippen molar-refractivity contribution < 1.29 is 4.74 Å². The summed E-state index contributed by atoms with van der Waals surface area (Å²) in [5, 5.41) is 0. The van der Waals surface area contributed by atoms with Gasteiger partial charge in [-0.05, 0) is 49.3 Å². The summed E-state index contributed by atoms with van der Waals surface area (Å²) in [4.78, 5) is 2.12. The summed E-state index contributed by atoms with van der Waals surface area (Å²) >= 11 is 0. The molecule has 0 aromatic heterocycles. The number of nitrogens with zero attached hydrogens (tertiary/aromatic N) is 1. The van der Waals surface area contributed by atoms with Gasteiger partial charge < -0.3 is 9.64 Å². The molecule has 0 aliphatic heterocycles. The largest absolute Gasteiger partial charge is 0.492 e. The van der Waals surface area contributed by atoms with E-state index in [0.29, 0.717) is 6.61 Å². The van der Waals surface area contributed by atoms with E-state index in [4.69, 9.17) is 4.74 Å². The van der Waals surface area contributed by atoms with Crippen molar-refractivity contribution in [3.63, 3.8) is 0 Å². The summed E-state index contributed by atoms with van der Waals surface area (Å²) in [6, 6.07) is 18.9. The molecule has 0 heterocycles.